The number of nitrogens with zero attached hydrogens (tertiary/aromatic N) is 1. The molecule has 1 fully saturated rings. The summed E-state index contributed by atoms with van der Waals surface area (Å²) in [7, 11) is 0. The van der Waals surface area contributed by atoms with Crippen LogP contribution in [0.1, 0.15) is 85.5 Å². The molecule has 8 N–H and O–H groups in total. The van der Waals surface area contributed by atoms with Crippen LogP contribution in [0.4, 0.5) is 4.39 Å². The van der Waals surface area contributed by atoms with Crippen molar-refractivity contribution in [3.8, 4) is 0 Å². The second-order valence-corrected chi connectivity index (χ2v) is 10.2. The molecule has 0 aromatic rings. The Kier molecular flexibility index (Phi) is 13.6. The normalized spacial score (nSPS) is 23.4. The summed E-state index contributed by atoms with van der Waals surface area (Å²) < 4.78 is 13.4. The van der Waals surface area contributed by atoms with Gasteiger partial charge in [-0.15, -0.1) is 0 Å². The van der Waals surface area contributed by atoms with Crippen LogP contribution in [-0.2, 0) is 4.79 Å². The van der Waals surface area contributed by atoms with E-state index < -0.39 is 24.1 Å². The molecule has 36 heavy (non-hydrogen) atoms. The molecule has 5 atom stereocenters. The van der Waals surface area contributed by atoms with Crippen molar-refractivity contribution >= 4 is 12.1 Å². The lowest BCUT2D eigenvalue weighted by molar-refractivity contribution is -0.125. The van der Waals surface area contributed by atoms with Crippen LogP contribution in [-0.4, -0.2) is 37.5 Å². The quantitative estimate of drug-likeness (QED) is 0.188. The van der Waals surface area contributed by atoms with Crippen molar-refractivity contribution in [2.24, 2.45) is 40.1 Å². The number of nitrogens with one attached hydrogen (secondary N) is 4. The number of carbonyl (C=O) groups is 1. The molecule has 1 saturated heterocycles. The van der Waals surface area contributed by atoms with Crippen molar-refractivity contribution in [2.75, 3.05) is 13.1 Å². The summed E-state index contributed by atoms with van der Waals surface area (Å²) in [6, 6.07) is 0. The number of allylic oxidation sites excluding steroid dienone is 2. The summed E-state index contributed by atoms with van der Waals surface area (Å²) in [5.41, 5.74) is 20.8. The number of hydrogen-bond donors (Lipinski definition) is 6. The average Bonchev–Trinajstić information content (AvgIpc) is 2.87. The fourth-order valence-electron chi connectivity index (χ4n) is 5.75. The van der Waals surface area contributed by atoms with Crippen molar-refractivity contribution in [3.05, 3.63) is 23.3 Å². The van der Waals surface area contributed by atoms with E-state index in [0.717, 1.165) is 50.2 Å². The third kappa shape index (κ3) is 8.94. The van der Waals surface area contributed by atoms with Crippen molar-refractivity contribution in [3.63, 3.8) is 0 Å². The Labute approximate surface area is 217 Å². The highest BCUT2D eigenvalue weighted by molar-refractivity contribution is 5.83. The van der Waals surface area contributed by atoms with E-state index >= 15 is 0 Å². The highest BCUT2D eigenvalue weighted by Gasteiger charge is 2.34. The molecular weight excluding hydrogens is 457 g/mol. The second kappa shape index (κ2) is 16.1. The van der Waals surface area contributed by atoms with E-state index in [1.165, 1.54) is 43.9 Å². The zero-order chi connectivity index (χ0) is 26.5. The van der Waals surface area contributed by atoms with Gasteiger partial charge in [-0.2, -0.15) is 0 Å². The lowest BCUT2D eigenvalue weighted by Crippen LogP contribution is -2.55. The maximum atomic E-state index is 13.4. The fourth-order valence-corrected chi connectivity index (χ4v) is 5.75. The third-order valence-electron chi connectivity index (χ3n) is 7.70. The van der Waals surface area contributed by atoms with E-state index in [9.17, 15) is 9.18 Å². The lowest BCUT2D eigenvalue weighted by Gasteiger charge is -2.32. The Morgan fingerprint density at radius 3 is 2.39 bits per heavy atom. The molecule has 2 heterocycles. The molecule has 1 amide bonds. The summed E-state index contributed by atoms with van der Waals surface area (Å²) >= 11 is 0. The first-order valence-corrected chi connectivity index (χ1v) is 14.0. The molecule has 0 aromatic carbocycles. The van der Waals surface area contributed by atoms with E-state index in [2.05, 4.69) is 54.2 Å². The van der Waals surface area contributed by atoms with Gasteiger partial charge in [-0.25, -0.2) is 4.39 Å². The average molecular weight is 508 g/mol. The highest BCUT2D eigenvalue weighted by Crippen LogP contribution is 2.34. The van der Waals surface area contributed by atoms with Crippen LogP contribution in [0.5, 0.6) is 0 Å². The van der Waals surface area contributed by atoms with Crippen LogP contribution in [0, 0.1) is 23.7 Å². The van der Waals surface area contributed by atoms with E-state index in [-0.39, 0.29) is 5.91 Å². The number of hydrazine groups is 1. The second-order valence-electron chi connectivity index (χ2n) is 10.2. The van der Waals surface area contributed by atoms with Crippen LogP contribution in [0.2, 0.25) is 0 Å². The van der Waals surface area contributed by atoms with Gasteiger partial charge in [-0.05, 0) is 49.0 Å². The Bertz CT molecular complexity index is 761. The minimum Gasteiger partial charge on any atom is -0.367 e. The number of nitrogens with two attached hydrogens (primary N) is 2. The Morgan fingerprint density at radius 1 is 1.14 bits per heavy atom. The summed E-state index contributed by atoms with van der Waals surface area (Å²) in [6.07, 6.45) is 10.6. The maximum absolute atomic E-state index is 13.4. The first-order chi connectivity index (χ1) is 17.4. The van der Waals surface area contributed by atoms with Gasteiger partial charge >= 0.3 is 0 Å². The predicted molar refractivity (Wildman–Crippen MR) is 146 cm³/mol. The molecule has 2 aliphatic rings. The van der Waals surface area contributed by atoms with Crippen molar-refractivity contribution in [2.45, 2.75) is 97.8 Å². The first kappa shape index (κ1) is 30.4. The molecule has 0 aromatic heterocycles. The number of carbonyl (C=O) groups excluding carboxylic acids is 1. The van der Waals surface area contributed by atoms with Gasteiger partial charge in [0.05, 0.1) is 12.4 Å². The molecule has 9 heteroatoms. The predicted octanol–water partition coefficient (Wildman–Crippen LogP) is 3.57. The number of amides is 1. The molecule has 0 spiro atoms. The zero-order valence-electron chi connectivity index (χ0n) is 22.8. The first-order valence-electron chi connectivity index (χ1n) is 14.0. The van der Waals surface area contributed by atoms with Crippen LogP contribution in [0.25, 0.3) is 0 Å². The number of aliphatic imine (C=N–C) groups is 1. The summed E-state index contributed by atoms with van der Waals surface area (Å²) in [5, 5.41) is 5.99. The van der Waals surface area contributed by atoms with Crippen molar-refractivity contribution < 1.29 is 9.18 Å². The lowest BCUT2D eigenvalue weighted by atomic mass is 9.78. The summed E-state index contributed by atoms with van der Waals surface area (Å²) in [4.78, 5) is 17.6. The van der Waals surface area contributed by atoms with E-state index in [1.807, 2.05) is 0 Å². The van der Waals surface area contributed by atoms with E-state index in [4.69, 9.17) is 11.5 Å². The Balaban J connectivity index is 2.28. The maximum Gasteiger partial charge on any atom is 0.234 e. The SMILES string of the molecule is CCCC(CC)C(CCC)CC/C(=C(\CC)NC(=O)C(C(N)N)C1N=CC(F)=CN1)C1CCNNC1. The molecule has 0 radical (unpaired) electrons. The number of hydrogen-bond acceptors (Lipinski definition) is 7. The fraction of sp³-hybridized carbons (Fsp3) is 0.778. The standard InChI is InChI=1S/C27H50FN7O/c1-5-9-18(7-3)19(10-6-2)11-12-22(20-13-14-33-34-15-20)23(8-4)35-27(36)24(25(29)30)26-31-16-21(28)17-32-26/h16-20,24-26,31,33-34H,5-15,29-30H2,1-4H3,(H,35,36)/b23-22-. The third-order valence-corrected chi connectivity index (χ3v) is 7.70. The molecule has 206 valence electrons. The van der Waals surface area contributed by atoms with Gasteiger partial charge in [-0.1, -0.05) is 59.8 Å². The van der Waals surface area contributed by atoms with Gasteiger partial charge in [0.25, 0.3) is 0 Å². The van der Waals surface area contributed by atoms with Crippen LogP contribution >= 0.6 is 0 Å². The van der Waals surface area contributed by atoms with Gasteiger partial charge in [0.1, 0.15) is 12.1 Å². The highest BCUT2D eigenvalue weighted by atomic mass is 19.1. The minimum absolute atomic E-state index is 0.283. The molecule has 0 saturated carbocycles. The molecule has 0 bridgehead atoms. The smallest absolute Gasteiger partial charge is 0.234 e. The van der Waals surface area contributed by atoms with Crippen LogP contribution in [0.3, 0.4) is 0 Å². The van der Waals surface area contributed by atoms with Gasteiger partial charge in [0.15, 0.2) is 5.83 Å². The molecule has 8 nitrogen and oxygen atoms in total. The van der Waals surface area contributed by atoms with E-state index in [0.29, 0.717) is 18.3 Å². The number of halogens is 1. The van der Waals surface area contributed by atoms with Gasteiger partial charge in [0, 0.05) is 25.0 Å². The Morgan fingerprint density at radius 2 is 1.86 bits per heavy atom. The molecule has 2 aliphatic heterocycles. The molecular formula is C27H50FN7O. The van der Waals surface area contributed by atoms with Gasteiger partial charge in [0.2, 0.25) is 5.91 Å². The Hall–Kier alpha value is -1.81. The zero-order valence-corrected chi connectivity index (χ0v) is 22.8. The monoisotopic (exact) mass is 507 g/mol. The van der Waals surface area contributed by atoms with Crippen LogP contribution in [0.15, 0.2) is 28.3 Å². The number of rotatable bonds is 15. The minimum atomic E-state index is -0.940. The largest absolute Gasteiger partial charge is 0.367 e. The summed E-state index contributed by atoms with van der Waals surface area (Å²) in [6.45, 7) is 10.7. The van der Waals surface area contributed by atoms with Gasteiger partial charge < -0.3 is 22.1 Å². The van der Waals surface area contributed by atoms with Crippen molar-refractivity contribution in [1.82, 2.24) is 21.5 Å². The summed E-state index contributed by atoms with van der Waals surface area (Å²) in [5.74, 6) is 0.163. The molecule has 2 rings (SSSR count). The molecule has 0 aliphatic carbocycles. The van der Waals surface area contributed by atoms with Crippen molar-refractivity contribution in [1.29, 1.82) is 0 Å². The van der Waals surface area contributed by atoms with E-state index in [1.54, 1.807) is 0 Å². The topological polar surface area (TPSA) is 130 Å². The van der Waals surface area contributed by atoms with Crippen LogP contribution < -0.4 is 33.0 Å². The van der Waals surface area contributed by atoms with Gasteiger partial charge in [-0.3, -0.25) is 20.6 Å². The molecule has 5 unspecified atom stereocenters.